The molecular weight excluding hydrogens is 399 g/mol. The molecule has 9 nitrogen and oxygen atoms in total. The molecule has 0 aliphatic heterocycles. The van der Waals surface area contributed by atoms with Crippen molar-refractivity contribution in [2.45, 2.75) is 13.8 Å². The summed E-state index contributed by atoms with van der Waals surface area (Å²) in [6.07, 6.45) is 0. The fourth-order valence-corrected chi connectivity index (χ4v) is 3.05. The second-order valence-corrected chi connectivity index (χ2v) is 6.27. The standard InChI is InChI=1S/C16H12Cl2N4O5/c1-6-11(14(18)19-7(2)12(6)17)15-20-16(27-21-15)8-4-9(22(24)25)13(26-3)10(23)5-8/h4-5,23H,1-3H3. The largest absolute Gasteiger partial charge is 0.504 e. The lowest BCUT2D eigenvalue weighted by molar-refractivity contribution is -0.385. The molecule has 0 spiro atoms. The van der Waals surface area contributed by atoms with Crippen LogP contribution in [0.2, 0.25) is 10.2 Å². The van der Waals surface area contributed by atoms with Gasteiger partial charge in [-0.15, -0.1) is 0 Å². The number of aromatic nitrogens is 3. The number of aromatic hydroxyl groups is 1. The third-order valence-corrected chi connectivity index (χ3v) is 4.67. The zero-order chi connectivity index (χ0) is 19.9. The molecule has 140 valence electrons. The normalized spacial score (nSPS) is 10.9. The minimum atomic E-state index is -0.690. The maximum absolute atomic E-state index is 11.2. The minimum Gasteiger partial charge on any atom is -0.504 e. The number of pyridine rings is 1. The van der Waals surface area contributed by atoms with Gasteiger partial charge in [0.1, 0.15) is 5.15 Å². The number of rotatable bonds is 4. The average molecular weight is 411 g/mol. The number of aryl methyl sites for hydroxylation is 1. The monoisotopic (exact) mass is 410 g/mol. The van der Waals surface area contributed by atoms with Crippen LogP contribution in [0.1, 0.15) is 11.3 Å². The summed E-state index contributed by atoms with van der Waals surface area (Å²) in [5.41, 5.74) is 1.25. The number of benzene rings is 1. The van der Waals surface area contributed by atoms with Crippen LogP contribution in [0.15, 0.2) is 16.7 Å². The van der Waals surface area contributed by atoms with Crippen LogP contribution in [-0.2, 0) is 0 Å². The highest BCUT2D eigenvalue weighted by molar-refractivity contribution is 6.35. The van der Waals surface area contributed by atoms with Gasteiger partial charge in [-0.3, -0.25) is 10.1 Å². The molecule has 0 fully saturated rings. The average Bonchev–Trinajstić information content (AvgIpc) is 3.08. The molecule has 1 N–H and O–H groups in total. The first-order valence-electron chi connectivity index (χ1n) is 7.46. The van der Waals surface area contributed by atoms with Crippen molar-refractivity contribution < 1.29 is 19.3 Å². The number of nitro benzene ring substituents is 1. The Labute approximate surface area is 162 Å². The molecule has 3 aromatic rings. The van der Waals surface area contributed by atoms with E-state index in [2.05, 4.69) is 15.1 Å². The topological polar surface area (TPSA) is 124 Å². The van der Waals surface area contributed by atoms with Crippen LogP contribution >= 0.6 is 23.2 Å². The van der Waals surface area contributed by atoms with E-state index in [0.717, 1.165) is 6.07 Å². The Morgan fingerprint density at radius 2 is 1.96 bits per heavy atom. The first-order chi connectivity index (χ1) is 12.7. The van der Waals surface area contributed by atoms with E-state index in [1.165, 1.54) is 13.2 Å². The third kappa shape index (κ3) is 3.26. The van der Waals surface area contributed by atoms with E-state index in [9.17, 15) is 15.2 Å². The van der Waals surface area contributed by atoms with Crippen molar-refractivity contribution in [2.24, 2.45) is 0 Å². The molecule has 0 aliphatic rings. The maximum Gasteiger partial charge on any atom is 0.315 e. The van der Waals surface area contributed by atoms with Crippen LogP contribution in [0.4, 0.5) is 5.69 Å². The van der Waals surface area contributed by atoms with Crippen molar-refractivity contribution >= 4 is 28.9 Å². The molecule has 0 saturated heterocycles. The minimum absolute atomic E-state index is 0.0572. The summed E-state index contributed by atoms with van der Waals surface area (Å²) >= 11 is 12.4. The number of ether oxygens (including phenoxy) is 1. The van der Waals surface area contributed by atoms with E-state index in [-0.39, 0.29) is 28.2 Å². The van der Waals surface area contributed by atoms with Crippen LogP contribution < -0.4 is 4.74 Å². The quantitative estimate of drug-likeness (QED) is 0.382. The molecule has 0 amide bonds. The van der Waals surface area contributed by atoms with E-state index in [4.69, 9.17) is 32.5 Å². The number of hydrogen-bond donors (Lipinski definition) is 1. The molecular formula is C16H12Cl2N4O5. The number of halogens is 2. The summed E-state index contributed by atoms with van der Waals surface area (Å²) in [4.78, 5) is 18.9. The Balaban J connectivity index is 2.13. The predicted molar refractivity (Wildman–Crippen MR) is 97.3 cm³/mol. The number of phenolic OH excluding ortho intramolecular Hbond substituents is 1. The molecule has 0 atom stereocenters. The highest BCUT2D eigenvalue weighted by Gasteiger charge is 2.24. The highest BCUT2D eigenvalue weighted by atomic mass is 35.5. The van der Waals surface area contributed by atoms with E-state index in [1.54, 1.807) is 13.8 Å². The lowest BCUT2D eigenvalue weighted by Crippen LogP contribution is -1.96. The predicted octanol–water partition coefficient (Wildman–Crippen LogP) is 4.34. The molecule has 27 heavy (non-hydrogen) atoms. The van der Waals surface area contributed by atoms with Gasteiger partial charge >= 0.3 is 5.69 Å². The molecule has 2 aromatic heterocycles. The molecule has 0 unspecified atom stereocenters. The number of hydrogen-bond acceptors (Lipinski definition) is 8. The Hall–Kier alpha value is -2.91. The van der Waals surface area contributed by atoms with Crippen molar-refractivity contribution in [1.82, 2.24) is 15.1 Å². The van der Waals surface area contributed by atoms with Crippen molar-refractivity contribution in [3.8, 4) is 34.3 Å². The van der Waals surface area contributed by atoms with Gasteiger partial charge in [0.25, 0.3) is 5.89 Å². The Morgan fingerprint density at radius 3 is 2.59 bits per heavy atom. The summed E-state index contributed by atoms with van der Waals surface area (Å²) < 4.78 is 10.0. The lowest BCUT2D eigenvalue weighted by Gasteiger charge is -2.08. The summed E-state index contributed by atoms with van der Waals surface area (Å²) in [7, 11) is 1.21. The van der Waals surface area contributed by atoms with Crippen molar-refractivity contribution in [3.63, 3.8) is 0 Å². The van der Waals surface area contributed by atoms with Gasteiger partial charge in [-0.25, -0.2) is 4.98 Å². The fraction of sp³-hybridized carbons (Fsp3) is 0.188. The summed E-state index contributed by atoms with van der Waals surface area (Å²) in [6.45, 7) is 3.45. The third-order valence-electron chi connectivity index (χ3n) is 3.84. The van der Waals surface area contributed by atoms with Gasteiger partial charge in [-0.05, 0) is 25.5 Å². The van der Waals surface area contributed by atoms with Crippen molar-refractivity contribution in [2.75, 3.05) is 7.11 Å². The Bertz CT molecular complexity index is 1070. The Morgan fingerprint density at radius 1 is 1.26 bits per heavy atom. The van der Waals surface area contributed by atoms with Crippen LogP contribution in [0.3, 0.4) is 0 Å². The molecule has 0 saturated carbocycles. The zero-order valence-electron chi connectivity index (χ0n) is 14.3. The molecule has 3 rings (SSSR count). The van der Waals surface area contributed by atoms with E-state index in [0.29, 0.717) is 21.8 Å². The van der Waals surface area contributed by atoms with Crippen molar-refractivity contribution in [3.05, 3.63) is 43.7 Å². The lowest BCUT2D eigenvalue weighted by atomic mass is 10.1. The summed E-state index contributed by atoms with van der Waals surface area (Å²) in [6, 6.07) is 2.38. The molecule has 11 heteroatoms. The molecule has 2 heterocycles. The molecule has 0 bridgehead atoms. The SMILES string of the molecule is COc1c(O)cc(-c2nc(-c3c(Cl)nc(C)c(Cl)c3C)no2)cc1[N+](=O)[O-]. The van der Waals surface area contributed by atoms with Gasteiger partial charge in [-0.1, -0.05) is 28.4 Å². The summed E-state index contributed by atoms with van der Waals surface area (Å²) in [5, 5.41) is 25.6. The van der Waals surface area contributed by atoms with E-state index in [1.807, 2.05) is 0 Å². The molecule has 0 aliphatic carbocycles. The van der Waals surface area contributed by atoms with Gasteiger partial charge in [-0.2, -0.15) is 4.98 Å². The van der Waals surface area contributed by atoms with Gasteiger partial charge in [0.2, 0.25) is 11.6 Å². The Kier molecular flexibility index (Phi) is 4.90. The van der Waals surface area contributed by atoms with Crippen LogP contribution in [0.5, 0.6) is 11.5 Å². The smallest absolute Gasteiger partial charge is 0.315 e. The first-order valence-corrected chi connectivity index (χ1v) is 8.22. The van der Waals surface area contributed by atoms with Crippen LogP contribution in [0, 0.1) is 24.0 Å². The fourth-order valence-electron chi connectivity index (χ4n) is 2.56. The van der Waals surface area contributed by atoms with Gasteiger partial charge in [0.15, 0.2) is 5.75 Å². The van der Waals surface area contributed by atoms with E-state index < -0.39 is 16.4 Å². The molecule has 0 radical (unpaired) electrons. The summed E-state index contributed by atoms with van der Waals surface area (Å²) in [5.74, 6) is -0.648. The van der Waals surface area contributed by atoms with Crippen LogP contribution in [0.25, 0.3) is 22.8 Å². The zero-order valence-corrected chi connectivity index (χ0v) is 15.8. The second-order valence-electron chi connectivity index (χ2n) is 5.53. The number of phenols is 1. The van der Waals surface area contributed by atoms with Crippen LogP contribution in [-0.4, -0.2) is 32.3 Å². The first kappa shape index (κ1) is 18.9. The second kappa shape index (κ2) is 7.01. The number of nitrogens with zero attached hydrogens (tertiary/aromatic N) is 4. The molecule has 1 aromatic carbocycles. The van der Waals surface area contributed by atoms with Gasteiger partial charge in [0, 0.05) is 6.07 Å². The maximum atomic E-state index is 11.2. The van der Waals surface area contributed by atoms with Gasteiger partial charge < -0.3 is 14.4 Å². The number of nitro groups is 1. The van der Waals surface area contributed by atoms with Gasteiger partial charge in [0.05, 0.1) is 33.9 Å². The highest BCUT2D eigenvalue weighted by Crippen LogP contribution is 2.41. The number of methoxy groups -OCH3 is 1. The van der Waals surface area contributed by atoms with Crippen molar-refractivity contribution in [1.29, 1.82) is 0 Å². The van der Waals surface area contributed by atoms with E-state index >= 15 is 0 Å².